The van der Waals surface area contributed by atoms with Crippen molar-refractivity contribution < 1.29 is 4.79 Å². The van der Waals surface area contributed by atoms with Crippen LogP contribution in [0.1, 0.15) is 16.0 Å². The lowest BCUT2D eigenvalue weighted by Gasteiger charge is -2.15. The van der Waals surface area contributed by atoms with Crippen LogP contribution in [-0.2, 0) is 17.9 Å². The summed E-state index contributed by atoms with van der Waals surface area (Å²) in [4.78, 5) is 15.2. The first-order chi connectivity index (χ1) is 10.0. The van der Waals surface area contributed by atoms with Gasteiger partial charge in [0, 0.05) is 18.0 Å². The summed E-state index contributed by atoms with van der Waals surface area (Å²) in [6.07, 6.45) is 0. The average molecular weight is 367 g/mol. The Hall–Kier alpha value is -1.17. The molecule has 2 rings (SSSR count). The lowest BCUT2D eigenvalue weighted by Crippen LogP contribution is -2.34. The van der Waals surface area contributed by atoms with E-state index in [1.165, 1.54) is 10.4 Å². The van der Waals surface area contributed by atoms with Crippen molar-refractivity contribution in [3.63, 3.8) is 0 Å². The van der Waals surface area contributed by atoms with Crippen LogP contribution in [0, 0.1) is 6.92 Å². The molecule has 1 aromatic carbocycles. The number of likely N-dealkylation sites (N-methyl/N-ethyl adjacent to an activating group) is 1. The molecule has 0 fully saturated rings. The Kier molecular flexibility index (Phi) is 5.96. The van der Waals surface area contributed by atoms with Crippen LogP contribution >= 0.6 is 27.3 Å². The smallest absolute Gasteiger partial charge is 0.234 e. The molecular weight excluding hydrogens is 348 g/mol. The molecular formula is C16H19BrN2OS. The second-order valence-corrected chi connectivity index (χ2v) is 7.69. The largest absolute Gasteiger partial charge is 0.351 e. The van der Waals surface area contributed by atoms with Gasteiger partial charge in [-0.25, -0.2) is 0 Å². The van der Waals surface area contributed by atoms with E-state index in [2.05, 4.69) is 46.4 Å². The molecule has 1 N–H and O–H groups in total. The average Bonchev–Trinajstić information content (AvgIpc) is 2.83. The van der Waals surface area contributed by atoms with Gasteiger partial charge in [0.05, 0.1) is 10.3 Å². The standard InChI is InChI=1S/C16H19BrN2OS/c1-12-3-5-13(6-4-12)9-18-16(20)11-19(2)10-14-7-8-15(17)21-14/h3-8H,9-11H2,1-2H3,(H,18,20). The second kappa shape index (κ2) is 7.73. The van der Waals surface area contributed by atoms with Crippen LogP contribution in [0.2, 0.25) is 0 Å². The molecule has 1 amide bonds. The van der Waals surface area contributed by atoms with E-state index in [0.717, 1.165) is 15.9 Å². The van der Waals surface area contributed by atoms with Gasteiger partial charge in [0.2, 0.25) is 5.91 Å². The summed E-state index contributed by atoms with van der Waals surface area (Å²) >= 11 is 5.15. The van der Waals surface area contributed by atoms with Crippen LogP contribution in [0.15, 0.2) is 40.2 Å². The SMILES string of the molecule is Cc1ccc(CNC(=O)CN(C)Cc2ccc(Br)s2)cc1. The number of benzene rings is 1. The van der Waals surface area contributed by atoms with E-state index in [0.29, 0.717) is 13.1 Å². The van der Waals surface area contributed by atoms with Gasteiger partial charge in [-0.2, -0.15) is 0 Å². The molecule has 0 bridgehead atoms. The number of halogens is 1. The van der Waals surface area contributed by atoms with Gasteiger partial charge >= 0.3 is 0 Å². The molecule has 5 heteroatoms. The molecule has 112 valence electrons. The lowest BCUT2D eigenvalue weighted by molar-refractivity contribution is -0.122. The van der Waals surface area contributed by atoms with Crippen molar-refractivity contribution in [2.45, 2.75) is 20.0 Å². The monoisotopic (exact) mass is 366 g/mol. The zero-order valence-electron chi connectivity index (χ0n) is 12.2. The third-order valence-electron chi connectivity index (χ3n) is 3.08. The molecule has 3 nitrogen and oxygen atoms in total. The predicted molar refractivity (Wildman–Crippen MR) is 91.4 cm³/mol. The Morgan fingerprint density at radius 2 is 1.95 bits per heavy atom. The van der Waals surface area contributed by atoms with Crippen molar-refractivity contribution in [1.29, 1.82) is 0 Å². The molecule has 0 saturated heterocycles. The van der Waals surface area contributed by atoms with E-state index in [1.54, 1.807) is 11.3 Å². The number of carbonyl (C=O) groups excluding carboxylic acids is 1. The Balaban J connectivity index is 1.74. The maximum atomic E-state index is 11.9. The lowest BCUT2D eigenvalue weighted by atomic mass is 10.1. The molecule has 0 spiro atoms. The van der Waals surface area contributed by atoms with Crippen molar-refractivity contribution in [2.75, 3.05) is 13.6 Å². The first-order valence-corrected chi connectivity index (χ1v) is 8.39. The summed E-state index contributed by atoms with van der Waals surface area (Å²) in [5.74, 6) is 0.0497. The highest BCUT2D eigenvalue weighted by Gasteiger charge is 2.08. The van der Waals surface area contributed by atoms with Gasteiger partial charge in [-0.3, -0.25) is 9.69 Å². The van der Waals surface area contributed by atoms with Gasteiger partial charge in [-0.15, -0.1) is 11.3 Å². The van der Waals surface area contributed by atoms with E-state index in [-0.39, 0.29) is 5.91 Å². The summed E-state index contributed by atoms with van der Waals surface area (Å²) in [7, 11) is 1.96. The quantitative estimate of drug-likeness (QED) is 0.847. The van der Waals surface area contributed by atoms with Crippen LogP contribution < -0.4 is 5.32 Å². The van der Waals surface area contributed by atoms with E-state index >= 15 is 0 Å². The summed E-state index contributed by atoms with van der Waals surface area (Å²) in [6.45, 7) is 3.83. The van der Waals surface area contributed by atoms with Gasteiger partial charge in [0.25, 0.3) is 0 Å². The highest BCUT2D eigenvalue weighted by molar-refractivity contribution is 9.11. The normalized spacial score (nSPS) is 10.9. The third kappa shape index (κ3) is 5.61. The maximum absolute atomic E-state index is 11.9. The molecule has 1 aromatic heterocycles. The van der Waals surface area contributed by atoms with Crippen molar-refractivity contribution in [3.05, 3.63) is 56.2 Å². The van der Waals surface area contributed by atoms with Crippen LogP contribution in [-0.4, -0.2) is 24.4 Å². The van der Waals surface area contributed by atoms with E-state index < -0.39 is 0 Å². The number of carbonyl (C=O) groups is 1. The summed E-state index contributed by atoms with van der Waals surface area (Å²) in [6, 6.07) is 12.3. The number of nitrogens with one attached hydrogen (secondary N) is 1. The molecule has 21 heavy (non-hydrogen) atoms. The van der Waals surface area contributed by atoms with Gasteiger partial charge in [0.1, 0.15) is 0 Å². The summed E-state index contributed by atoms with van der Waals surface area (Å²) in [5, 5.41) is 2.95. The molecule has 0 radical (unpaired) electrons. The molecule has 0 aliphatic heterocycles. The van der Waals surface area contributed by atoms with Crippen molar-refractivity contribution >= 4 is 33.2 Å². The number of nitrogens with zero attached hydrogens (tertiary/aromatic N) is 1. The van der Waals surface area contributed by atoms with E-state index in [9.17, 15) is 4.79 Å². The first-order valence-electron chi connectivity index (χ1n) is 6.78. The Morgan fingerprint density at radius 1 is 1.24 bits per heavy atom. The van der Waals surface area contributed by atoms with Gasteiger partial charge < -0.3 is 5.32 Å². The molecule has 0 aliphatic rings. The maximum Gasteiger partial charge on any atom is 0.234 e. The van der Waals surface area contributed by atoms with Crippen molar-refractivity contribution in [3.8, 4) is 0 Å². The molecule has 1 heterocycles. The number of rotatable bonds is 6. The highest BCUT2D eigenvalue weighted by atomic mass is 79.9. The highest BCUT2D eigenvalue weighted by Crippen LogP contribution is 2.22. The van der Waals surface area contributed by atoms with Crippen LogP contribution in [0.3, 0.4) is 0 Å². The fourth-order valence-corrected chi connectivity index (χ4v) is 3.53. The molecule has 0 unspecified atom stereocenters. The molecule has 0 aliphatic carbocycles. The number of hydrogen-bond donors (Lipinski definition) is 1. The first kappa shape index (κ1) is 16.2. The third-order valence-corrected chi connectivity index (χ3v) is 4.69. The van der Waals surface area contributed by atoms with Gasteiger partial charge in [-0.05, 0) is 47.6 Å². The van der Waals surface area contributed by atoms with Crippen molar-refractivity contribution in [1.82, 2.24) is 10.2 Å². The predicted octanol–water partition coefficient (Wildman–Crippen LogP) is 3.57. The summed E-state index contributed by atoms with van der Waals surface area (Å²) < 4.78 is 1.12. The van der Waals surface area contributed by atoms with E-state index in [4.69, 9.17) is 0 Å². The van der Waals surface area contributed by atoms with Crippen LogP contribution in [0.25, 0.3) is 0 Å². The minimum absolute atomic E-state index is 0.0497. The number of aryl methyl sites for hydroxylation is 1. The van der Waals surface area contributed by atoms with Gasteiger partial charge in [0.15, 0.2) is 0 Å². The number of amides is 1. The summed E-state index contributed by atoms with van der Waals surface area (Å²) in [5.41, 5.74) is 2.35. The second-order valence-electron chi connectivity index (χ2n) is 5.14. The number of hydrogen-bond acceptors (Lipinski definition) is 3. The van der Waals surface area contributed by atoms with Crippen LogP contribution in [0.4, 0.5) is 0 Å². The van der Waals surface area contributed by atoms with E-state index in [1.807, 2.05) is 30.1 Å². The molecule has 0 saturated carbocycles. The van der Waals surface area contributed by atoms with Crippen molar-refractivity contribution in [2.24, 2.45) is 0 Å². The van der Waals surface area contributed by atoms with Gasteiger partial charge in [-0.1, -0.05) is 29.8 Å². The minimum Gasteiger partial charge on any atom is -0.351 e. The Bertz CT molecular complexity index is 595. The molecule has 0 atom stereocenters. The molecule has 2 aromatic rings. The zero-order chi connectivity index (χ0) is 15.2. The topological polar surface area (TPSA) is 32.3 Å². The fraction of sp³-hybridized carbons (Fsp3) is 0.312. The fourth-order valence-electron chi connectivity index (χ4n) is 1.97. The minimum atomic E-state index is 0.0497. The zero-order valence-corrected chi connectivity index (χ0v) is 14.6. The van der Waals surface area contributed by atoms with Crippen LogP contribution in [0.5, 0.6) is 0 Å². The Morgan fingerprint density at radius 3 is 2.57 bits per heavy atom. The number of thiophene rings is 1. The Labute approximate surface area is 138 Å².